The first-order valence-corrected chi connectivity index (χ1v) is 12.0. The average molecular weight is 498 g/mol. The van der Waals surface area contributed by atoms with Crippen LogP contribution in [-0.4, -0.2) is 62.4 Å². The predicted octanol–water partition coefficient (Wildman–Crippen LogP) is 4.24. The fourth-order valence-electron chi connectivity index (χ4n) is 4.01. The number of carbonyl (C=O) groups excluding carboxylic acids is 3. The number of amides is 1. The number of allylic oxidation sites excluding steroid dienone is 2. The number of piperidine rings is 1. The van der Waals surface area contributed by atoms with Gasteiger partial charge in [0, 0.05) is 37.2 Å². The molecule has 194 valence electrons. The van der Waals surface area contributed by atoms with Crippen LogP contribution in [0, 0.1) is 5.92 Å². The highest BCUT2D eigenvalue weighted by atomic mass is 16.6. The highest BCUT2D eigenvalue weighted by Crippen LogP contribution is 2.28. The molecule has 9 heteroatoms. The van der Waals surface area contributed by atoms with Crippen LogP contribution in [0.3, 0.4) is 0 Å². The molecule has 36 heavy (non-hydrogen) atoms. The van der Waals surface area contributed by atoms with Crippen molar-refractivity contribution in [2.24, 2.45) is 5.92 Å². The van der Waals surface area contributed by atoms with E-state index in [4.69, 9.17) is 14.2 Å². The van der Waals surface area contributed by atoms with E-state index in [-0.39, 0.29) is 17.4 Å². The molecule has 1 aromatic carbocycles. The van der Waals surface area contributed by atoms with E-state index in [9.17, 15) is 14.4 Å². The van der Waals surface area contributed by atoms with Crippen molar-refractivity contribution in [1.82, 2.24) is 4.90 Å². The van der Waals surface area contributed by atoms with Crippen LogP contribution in [-0.2, 0) is 23.8 Å². The lowest BCUT2D eigenvalue weighted by molar-refractivity contribution is -0.139. The smallest absolute Gasteiger partial charge is 0.410 e. The Morgan fingerprint density at radius 3 is 2.19 bits per heavy atom. The van der Waals surface area contributed by atoms with Crippen molar-refractivity contribution in [1.29, 1.82) is 0 Å². The summed E-state index contributed by atoms with van der Waals surface area (Å²) in [6.07, 6.45) is 8.17. The summed E-state index contributed by atoms with van der Waals surface area (Å²) in [4.78, 5) is 40.5. The SMILES string of the molecule is COC(=O)C1=C(C(=O)OC)N(c2ccc(NCC3CCN(C(=O)OC(C)(C)C)CC3)cc2)C=CC=C1. The number of carbonyl (C=O) groups is 3. The molecule has 1 amide bonds. The van der Waals surface area contributed by atoms with E-state index in [1.54, 1.807) is 28.2 Å². The van der Waals surface area contributed by atoms with E-state index in [1.807, 2.05) is 45.0 Å². The number of hydrogen-bond acceptors (Lipinski definition) is 8. The Balaban J connectivity index is 1.62. The lowest BCUT2D eigenvalue weighted by atomic mass is 9.97. The van der Waals surface area contributed by atoms with Gasteiger partial charge in [-0.05, 0) is 75.9 Å². The zero-order chi connectivity index (χ0) is 26.3. The minimum absolute atomic E-state index is 0.0757. The van der Waals surface area contributed by atoms with Crippen molar-refractivity contribution in [3.63, 3.8) is 0 Å². The van der Waals surface area contributed by atoms with Gasteiger partial charge in [0.15, 0.2) is 0 Å². The molecule has 0 unspecified atom stereocenters. The third-order valence-corrected chi connectivity index (χ3v) is 5.90. The molecule has 2 heterocycles. The monoisotopic (exact) mass is 497 g/mol. The first kappa shape index (κ1) is 26.8. The molecule has 3 rings (SSSR count). The summed E-state index contributed by atoms with van der Waals surface area (Å²) in [5.74, 6) is -0.831. The summed E-state index contributed by atoms with van der Waals surface area (Å²) in [5.41, 5.74) is 1.31. The Bertz CT molecular complexity index is 1040. The minimum atomic E-state index is -0.647. The number of methoxy groups -OCH3 is 2. The van der Waals surface area contributed by atoms with Gasteiger partial charge in [0.1, 0.15) is 11.3 Å². The average Bonchev–Trinajstić information content (AvgIpc) is 3.09. The van der Waals surface area contributed by atoms with Gasteiger partial charge in [0.2, 0.25) is 0 Å². The van der Waals surface area contributed by atoms with Gasteiger partial charge in [0.25, 0.3) is 0 Å². The predicted molar refractivity (Wildman–Crippen MR) is 137 cm³/mol. The summed E-state index contributed by atoms with van der Waals surface area (Å²) in [6.45, 7) is 7.77. The van der Waals surface area contributed by atoms with E-state index in [2.05, 4.69) is 5.32 Å². The van der Waals surface area contributed by atoms with Crippen LogP contribution in [0.2, 0.25) is 0 Å². The number of ether oxygens (including phenoxy) is 3. The van der Waals surface area contributed by atoms with E-state index in [1.165, 1.54) is 20.3 Å². The molecule has 1 saturated heterocycles. The lowest BCUT2D eigenvalue weighted by Crippen LogP contribution is -2.42. The molecule has 0 aromatic heterocycles. The zero-order valence-corrected chi connectivity index (χ0v) is 21.6. The van der Waals surface area contributed by atoms with Gasteiger partial charge in [-0.2, -0.15) is 0 Å². The standard InChI is InChI=1S/C27H35N3O6/c1-27(2,3)36-26(33)29-16-13-19(14-17-29)18-28-20-9-11-21(12-10-20)30-15-7-6-8-22(24(31)34-4)23(30)25(32)35-5/h6-12,15,19,28H,13-14,16-18H2,1-5H3. The lowest BCUT2D eigenvalue weighted by Gasteiger charge is -2.33. The number of likely N-dealkylation sites (tertiary alicyclic amines) is 1. The molecule has 9 nitrogen and oxygen atoms in total. The second-order valence-corrected chi connectivity index (χ2v) is 9.65. The van der Waals surface area contributed by atoms with Gasteiger partial charge >= 0.3 is 18.0 Å². The van der Waals surface area contributed by atoms with Gasteiger partial charge in [-0.15, -0.1) is 0 Å². The van der Waals surface area contributed by atoms with Crippen molar-refractivity contribution in [2.75, 3.05) is 44.1 Å². The van der Waals surface area contributed by atoms with Crippen LogP contribution in [0.4, 0.5) is 16.2 Å². The highest BCUT2D eigenvalue weighted by Gasteiger charge is 2.28. The molecule has 1 N–H and O–H groups in total. The Kier molecular flexibility index (Phi) is 8.79. The summed E-state index contributed by atoms with van der Waals surface area (Å²) >= 11 is 0. The third-order valence-electron chi connectivity index (χ3n) is 5.90. The molecule has 0 spiro atoms. The first-order chi connectivity index (χ1) is 17.1. The molecule has 1 aromatic rings. The van der Waals surface area contributed by atoms with Crippen LogP contribution in [0.15, 0.2) is 60.0 Å². The highest BCUT2D eigenvalue weighted by molar-refractivity contribution is 6.05. The van der Waals surface area contributed by atoms with E-state index >= 15 is 0 Å². The van der Waals surface area contributed by atoms with Crippen molar-refractivity contribution in [3.8, 4) is 0 Å². The molecule has 1 fully saturated rings. The van der Waals surface area contributed by atoms with E-state index in [0.717, 1.165) is 25.1 Å². The maximum Gasteiger partial charge on any atom is 0.410 e. The molecular weight excluding hydrogens is 462 g/mol. The van der Waals surface area contributed by atoms with Crippen molar-refractivity contribution in [3.05, 3.63) is 60.0 Å². The van der Waals surface area contributed by atoms with Crippen molar-refractivity contribution in [2.45, 2.75) is 39.2 Å². The minimum Gasteiger partial charge on any atom is -0.465 e. The van der Waals surface area contributed by atoms with Gasteiger partial charge in [-0.3, -0.25) is 0 Å². The maximum absolute atomic E-state index is 12.6. The summed E-state index contributed by atoms with van der Waals surface area (Å²) < 4.78 is 15.3. The maximum atomic E-state index is 12.6. The van der Waals surface area contributed by atoms with Crippen LogP contribution in [0.25, 0.3) is 0 Å². The summed E-state index contributed by atoms with van der Waals surface area (Å²) in [5, 5.41) is 3.46. The molecule has 0 atom stereocenters. The second kappa shape index (κ2) is 11.8. The Morgan fingerprint density at radius 2 is 1.61 bits per heavy atom. The molecule has 2 aliphatic rings. The number of nitrogens with one attached hydrogen (secondary N) is 1. The zero-order valence-electron chi connectivity index (χ0n) is 21.6. The van der Waals surface area contributed by atoms with Crippen LogP contribution in [0.5, 0.6) is 0 Å². The number of benzene rings is 1. The molecular formula is C27H35N3O6. The molecule has 0 aliphatic carbocycles. The van der Waals surface area contributed by atoms with E-state index in [0.29, 0.717) is 24.7 Å². The van der Waals surface area contributed by atoms with Gasteiger partial charge in [-0.25, -0.2) is 14.4 Å². The number of esters is 2. The number of anilines is 2. The van der Waals surface area contributed by atoms with Crippen molar-refractivity contribution >= 4 is 29.4 Å². The number of rotatable bonds is 6. The van der Waals surface area contributed by atoms with Gasteiger partial charge in [-0.1, -0.05) is 6.08 Å². The number of nitrogens with zero attached hydrogens (tertiary/aromatic N) is 2. The van der Waals surface area contributed by atoms with Gasteiger partial charge < -0.3 is 29.3 Å². The quantitative estimate of drug-likeness (QED) is 0.461. The Labute approximate surface area is 212 Å². The summed E-state index contributed by atoms with van der Waals surface area (Å²) in [7, 11) is 2.54. The molecule has 0 bridgehead atoms. The van der Waals surface area contributed by atoms with E-state index < -0.39 is 17.5 Å². The van der Waals surface area contributed by atoms with Gasteiger partial charge in [0.05, 0.1) is 19.8 Å². The fourth-order valence-corrected chi connectivity index (χ4v) is 4.01. The largest absolute Gasteiger partial charge is 0.465 e. The van der Waals surface area contributed by atoms with Crippen LogP contribution in [0.1, 0.15) is 33.6 Å². The van der Waals surface area contributed by atoms with Crippen LogP contribution < -0.4 is 10.2 Å². The van der Waals surface area contributed by atoms with Crippen LogP contribution >= 0.6 is 0 Å². The van der Waals surface area contributed by atoms with Crippen molar-refractivity contribution < 1.29 is 28.6 Å². The Hall–Kier alpha value is -3.75. The second-order valence-electron chi connectivity index (χ2n) is 9.65. The summed E-state index contributed by atoms with van der Waals surface area (Å²) in [6, 6.07) is 7.57. The molecule has 0 radical (unpaired) electrons. The number of hydrogen-bond donors (Lipinski definition) is 1. The fraction of sp³-hybridized carbons (Fsp3) is 0.444. The normalized spacial score (nSPS) is 16.5. The molecule has 2 aliphatic heterocycles. The molecule has 0 saturated carbocycles. The topological polar surface area (TPSA) is 97.4 Å². The third kappa shape index (κ3) is 6.90. The Morgan fingerprint density at radius 1 is 0.972 bits per heavy atom. The first-order valence-electron chi connectivity index (χ1n) is 12.0.